The second-order valence-corrected chi connectivity index (χ2v) is 7.27. The van der Waals surface area contributed by atoms with Gasteiger partial charge in [0.2, 0.25) is 0 Å². The third kappa shape index (κ3) is 2.53. The SMILES string of the molecule is CS(=O)(=O)c1cccc(-c2cc(Br)cs2)c1. The van der Waals surface area contributed by atoms with Crippen LogP contribution in [0.15, 0.2) is 45.1 Å². The van der Waals surface area contributed by atoms with Crippen molar-refractivity contribution >= 4 is 37.1 Å². The topological polar surface area (TPSA) is 34.1 Å². The fraction of sp³-hybridized carbons (Fsp3) is 0.0909. The molecule has 0 aliphatic heterocycles. The molecule has 0 atom stereocenters. The Kier molecular flexibility index (Phi) is 3.19. The van der Waals surface area contributed by atoms with E-state index in [0.717, 1.165) is 14.9 Å². The molecule has 1 aromatic carbocycles. The van der Waals surface area contributed by atoms with Gasteiger partial charge in [0.1, 0.15) is 0 Å². The number of hydrogen-bond acceptors (Lipinski definition) is 3. The predicted octanol–water partition coefficient (Wildman–Crippen LogP) is 3.58. The Morgan fingerprint density at radius 3 is 2.56 bits per heavy atom. The molecule has 2 rings (SSSR count). The zero-order valence-electron chi connectivity index (χ0n) is 8.48. The van der Waals surface area contributed by atoms with E-state index < -0.39 is 9.84 Å². The molecule has 0 spiro atoms. The Hall–Kier alpha value is -0.650. The van der Waals surface area contributed by atoms with Gasteiger partial charge in [0.05, 0.1) is 4.90 Å². The second-order valence-electron chi connectivity index (χ2n) is 3.43. The van der Waals surface area contributed by atoms with E-state index in [9.17, 15) is 8.42 Å². The minimum absolute atomic E-state index is 0.356. The van der Waals surface area contributed by atoms with Crippen LogP contribution < -0.4 is 0 Å². The van der Waals surface area contributed by atoms with Gasteiger partial charge >= 0.3 is 0 Å². The first-order chi connectivity index (χ1) is 7.47. The van der Waals surface area contributed by atoms with Gasteiger partial charge in [0, 0.05) is 21.0 Å². The van der Waals surface area contributed by atoms with Gasteiger partial charge in [-0.3, -0.25) is 0 Å². The van der Waals surface area contributed by atoms with Gasteiger partial charge in [-0.2, -0.15) is 0 Å². The van der Waals surface area contributed by atoms with Crippen molar-refractivity contribution < 1.29 is 8.42 Å². The highest BCUT2D eigenvalue weighted by Crippen LogP contribution is 2.30. The van der Waals surface area contributed by atoms with Gasteiger partial charge in [-0.15, -0.1) is 11.3 Å². The molecule has 16 heavy (non-hydrogen) atoms. The van der Waals surface area contributed by atoms with Gasteiger partial charge < -0.3 is 0 Å². The van der Waals surface area contributed by atoms with Crippen LogP contribution in [-0.2, 0) is 9.84 Å². The lowest BCUT2D eigenvalue weighted by Crippen LogP contribution is -1.96. The minimum atomic E-state index is -3.13. The van der Waals surface area contributed by atoms with Gasteiger partial charge in [0.15, 0.2) is 9.84 Å². The van der Waals surface area contributed by atoms with Crippen LogP contribution in [0.3, 0.4) is 0 Å². The molecule has 1 aromatic heterocycles. The average Bonchev–Trinajstić information content (AvgIpc) is 2.64. The smallest absolute Gasteiger partial charge is 0.175 e. The maximum absolute atomic E-state index is 11.4. The van der Waals surface area contributed by atoms with Crippen molar-refractivity contribution in [3.8, 4) is 10.4 Å². The van der Waals surface area contributed by atoms with E-state index in [1.807, 2.05) is 17.5 Å². The van der Waals surface area contributed by atoms with E-state index in [1.54, 1.807) is 29.5 Å². The third-order valence-electron chi connectivity index (χ3n) is 2.11. The summed E-state index contributed by atoms with van der Waals surface area (Å²) >= 11 is 4.96. The summed E-state index contributed by atoms with van der Waals surface area (Å²) in [5.74, 6) is 0. The highest BCUT2D eigenvalue weighted by atomic mass is 79.9. The molecule has 1 heterocycles. The first-order valence-electron chi connectivity index (χ1n) is 4.51. The van der Waals surface area contributed by atoms with Gasteiger partial charge in [-0.25, -0.2) is 8.42 Å². The van der Waals surface area contributed by atoms with E-state index in [2.05, 4.69) is 15.9 Å². The van der Waals surface area contributed by atoms with Crippen molar-refractivity contribution in [3.05, 3.63) is 40.2 Å². The molecule has 0 bridgehead atoms. The monoisotopic (exact) mass is 316 g/mol. The number of hydrogen-bond donors (Lipinski definition) is 0. The number of rotatable bonds is 2. The van der Waals surface area contributed by atoms with Crippen LogP contribution in [0.2, 0.25) is 0 Å². The van der Waals surface area contributed by atoms with Gasteiger partial charge in [0.25, 0.3) is 0 Å². The lowest BCUT2D eigenvalue weighted by atomic mass is 10.2. The maximum atomic E-state index is 11.4. The standard InChI is InChI=1S/C11H9BrO2S2/c1-16(13,14)10-4-2-3-8(5-10)11-6-9(12)7-15-11/h2-7H,1H3. The van der Waals surface area contributed by atoms with Crippen molar-refractivity contribution in [1.29, 1.82) is 0 Å². The zero-order chi connectivity index (χ0) is 11.8. The van der Waals surface area contributed by atoms with Crippen LogP contribution in [0.4, 0.5) is 0 Å². The lowest BCUT2D eigenvalue weighted by Gasteiger charge is -2.01. The highest BCUT2D eigenvalue weighted by Gasteiger charge is 2.09. The molecule has 0 saturated carbocycles. The number of sulfone groups is 1. The van der Waals surface area contributed by atoms with Gasteiger partial charge in [-0.05, 0) is 39.7 Å². The summed E-state index contributed by atoms with van der Waals surface area (Å²) < 4.78 is 23.8. The molecule has 0 saturated heterocycles. The minimum Gasteiger partial charge on any atom is -0.224 e. The van der Waals surface area contributed by atoms with Gasteiger partial charge in [-0.1, -0.05) is 12.1 Å². The van der Waals surface area contributed by atoms with E-state index in [0.29, 0.717) is 4.90 Å². The molecule has 2 aromatic rings. The summed E-state index contributed by atoms with van der Waals surface area (Å²) in [6.45, 7) is 0. The van der Waals surface area contributed by atoms with E-state index in [1.165, 1.54) is 6.26 Å². The first kappa shape index (κ1) is 11.8. The first-order valence-corrected chi connectivity index (χ1v) is 8.08. The zero-order valence-corrected chi connectivity index (χ0v) is 11.7. The van der Waals surface area contributed by atoms with Crippen LogP contribution >= 0.6 is 27.3 Å². The average molecular weight is 317 g/mol. The Morgan fingerprint density at radius 2 is 2.00 bits per heavy atom. The van der Waals surface area contributed by atoms with E-state index in [4.69, 9.17) is 0 Å². The predicted molar refractivity (Wildman–Crippen MR) is 70.6 cm³/mol. The summed E-state index contributed by atoms with van der Waals surface area (Å²) in [5.41, 5.74) is 0.929. The van der Waals surface area contributed by atoms with Crippen LogP contribution in [-0.4, -0.2) is 14.7 Å². The van der Waals surface area contributed by atoms with Crippen LogP contribution in [0, 0.1) is 0 Å². The third-order valence-corrected chi connectivity index (χ3v) is 4.96. The van der Waals surface area contributed by atoms with E-state index in [-0.39, 0.29) is 0 Å². The Labute approximate surface area is 107 Å². The quantitative estimate of drug-likeness (QED) is 0.848. The fourth-order valence-corrected chi connectivity index (χ4v) is 3.44. The molecule has 0 N–H and O–H groups in total. The molecular formula is C11H9BrO2S2. The molecule has 0 fully saturated rings. The van der Waals surface area contributed by atoms with Crippen molar-refractivity contribution in [2.45, 2.75) is 4.90 Å². The lowest BCUT2D eigenvalue weighted by molar-refractivity contribution is 0.602. The molecule has 0 amide bonds. The Morgan fingerprint density at radius 1 is 1.25 bits per heavy atom. The van der Waals surface area contributed by atoms with Crippen LogP contribution in [0.1, 0.15) is 0 Å². The Balaban J connectivity index is 2.52. The summed E-state index contributed by atoms with van der Waals surface area (Å²) in [6.07, 6.45) is 1.22. The van der Waals surface area contributed by atoms with Crippen molar-refractivity contribution in [2.24, 2.45) is 0 Å². The molecule has 2 nitrogen and oxygen atoms in total. The fourth-order valence-electron chi connectivity index (χ4n) is 1.34. The summed E-state index contributed by atoms with van der Waals surface area (Å²) in [4.78, 5) is 1.41. The normalized spacial score (nSPS) is 11.6. The molecule has 0 radical (unpaired) electrons. The number of halogens is 1. The molecule has 0 unspecified atom stereocenters. The van der Waals surface area contributed by atoms with Crippen LogP contribution in [0.5, 0.6) is 0 Å². The summed E-state index contributed by atoms with van der Waals surface area (Å²) in [7, 11) is -3.13. The largest absolute Gasteiger partial charge is 0.224 e. The van der Waals surface area contributed by atoms with Crippen LogP contribution in [0.25, 0.3) is 10.4 Å². The second kappa shape index (κ2) is 4.31. The van der Waals surface area contributed by atoms with Crippen molar-refractivity contribution in [1.82, 2.24) is 0 Å². The highest BCUT2D eigenvalue weighted by molar-refractivity contribution is 9.10. The Bertz CT molecular complexity index is 614. The van der Waals surface area contributed by atoms with Crippen molar-refractivity contribution in [3.63, 3.8) is 0 Å². The van der Waals surface area contributed by atoms with E-state index >= 15 is 0 Å². The summed E-state index contributed by atoms with van der Waals surface area (Å²) in [6, 6.07) is 8.97. The molecular weight excluding hydrogens is 308 g/mol. The molecule has 5 heteroatoms. The number of thiophene rings is 1. The number of benzene rings is 1. The molecule has 0 aliphatic rings. The maximum Gasteiger partial charge on any atom is 0.175 e. The molecule has 0 aliphatic carbocycles. The van der Waals surface area contributed by atoms with Crippen molar-refractivity contribution in [2.75, 3.05) is 6.26 Å². The summed E-state index contributed by atoms with van der Waals surface area (Å²) in [5, 5.41) is 1.97. The molecule has 84 valence electrons.